The number of halogens is 1. The Hall–Kier alpha value is -1.99. The predicted octanol–water partition coefficient (Wildman–Crippen LogP) is 4.33. The van der Waals surface area contributed by atoms with Gasteiger partial charge in [0, 0.05) is 24.7 Å². The van der Waals surface area contributed by atoms with Crippen molar-refractivity contribution < 1.29 is 19.3 Å². The van der Waals surface area contributed by atoms with E-state index in [-0.39, 0.29) is 6.61 Å². The second kappa shape index (κ2) is 13.0. The average molecular weight is 477 g/mol. The molecule has 7 heteroatoms. The molecule has 1 saturated heterocycles. The van der Waals surface area contributed by atoms with Crippen LogP contribution in [0, 0.1) is 5.92 Å². The number of benzene rings is 2. The number of nitrogens with zero attached hydrogens (tertiary/aromatic N) is 2. The number of methoxy groups -OCH3 is 1. The SMILES string of the molecule is COc1cc(CN(C)CC(O)COc2ccc(Cl)cc2)ccc1OCCN1CCC(C)CC1. The van der Waals surface area contributed by atoms with Gasteiger partial charge >= 0.3 is 0 Å². The molecule has 0 saturated carbocycles. The zero-order chi connectivity index (χ0) is 23.6. The maximum absolute atomic E-state index is 10.3. The number of likely N-dealkylation sites (N-methyl/N-ethyl adjacent to an activating group) is 1. The zero-order valence-electron chi connectivity index (χ0n) is 20.0. The Balaban J connectivity index is 1.42. The van der Waals surface area contributed by atoms with Crippen molar-refractivity contribution in [3.05, 3.63) is 53.1 Å². The van der Waals surface area contributed by atoms with Crippen LogP contribution in [-0.2, 0) is 6.54 Å². The van der Waals surface area contributed by atoms with E-state index < -0.39 is 6.10 Å². The third-order valence-corrected chi connectivity index (χ3v) is 6.25. The molecule has 1 N–H and O–H groups in total. The molecule has 1 aliphatic rings. The minimum Gasteiger partial charge on any atom is -0.493 e. The predicted molar refractivity (Wildman–Crippen MR) is 133 cm³/mol. The van der Waals surface area contributed by atoms with E-state index in [0.717, 1.165) is 42.6 Å². The van der Waals surface area contributed by atoms with Crippen molar-refractivity contribution in [3.8, 4) is 17.2 Å². The van der Waals surface area contributed by atoms with Crippen molar-refractivity contribution in [2.75, 3.05) is 53.6 Å². The molecule has 0 aromatic heterocycles. The molecule has 1 fully saturated rings. The van der Waals surface area contributed by atoms with Crippen LogP contribution < -0.4 is 14.2 Å². The molecule has 0 radical (unpaired) electrons. The van der Waals surface area contributed by atoms with E-state index in [1.54, 1.807) is 31.4 Å². The fourth-order valence-electron chi connectivity index (χ4n) is 4.01. The minimum atomic E-state index is -0.604. The molecule has 1 heterocycles. The quantitative estimate of drug-likeness (QED) is 0.492. The van der Waals surface area contributed by atoms with Crippen molar-refractivity contribution in [3.63, 3.8) is 0 Å². The first-order valence-corrected chi connectivity index (χ1v) is 12.1. The van der Waals surface area contributed by atoms with Crippen LogP contribution in [0.25, 0.3) is 0 Å². The lowest BCUT2D eigenvalue weighted by atomic mass is 9.99. The molecule has 0 spiro atoms. The Kier molecular flexibility index (Phi) is 10.1. The normalized spacial score (nSPS) is 16.1. The van der Waals surface area contributed by atoms with Gasteiger partial charge < -0.3 is 19.3 Å². The largest absolute Gasteiger partial charge is 0.493 e. The van der Waals surface area contributed by atoms with Gasteiger partial charge in [0.05, 0.1) is 7.11 Å². The molecule has 1 unspecified atom stereocenters. The minimum absolute atomic E-state index is 0.220. The number of aliphatic hydroxyl groups is 1. The number of ether oxygens (including phenoxy) is 3. The highest BCUT2D eigenvalue weighted by atomic mass is 35.5. The van der Waals surface area contributed by atoms with Crippen molar-refractivity contribution in [1.82, 2.24) is 9.80 Å². The van der Waals surface area contributed by atoms with Crippen LogP contribution in [0.1, 0.15) is 25.3 Å². The van der Waals surface area contributed by atoms with Gasteiger partial charge in [0.25, 0.3) is 0 Å². The molecule has 1 aliphatic heterocycles. The highest BCUT2D eigenvalue weighted by Gasteiger charge is 2.16. The Labute approximate surface area is 203 Å². The van der Waals surface area contributed by atoms with E-state index in [4.69, 9.17) is 25.8 Å². The maximum Gasteiger partial charge on any atom is 0.161 e. The van der Waals surface area contributed by atoms with E-state index in [0.29, 0.717) is 30.5 Å². The second-order valence-electron chi connectivity index (χ2n) is 8.97. The number of aliphatic hydroxyl groups excluding tert-OH is 1. The van der Waals surface area contributed by atoms with Crippen molar-refractivity contribution in [2.45, 2.75) is 32.4 Å². The first-order chi connectivity index (χ1) is 15.9. The van der Waals surface area contributed by atoms with Gasteiger partial charge in [-0.15, -0.1) is 0 Å². The molecule has 2 aromatic carbocycles. The lowest BCUT2D eigenvalue weighted by Gasteiger charge is -2.30. The van der Waals surface area contributed by atoms with E-state index in [9.17, 15) is 5.11 Å². The summed E-state index contributed by atoms with van der Waals surface area (Å²) in [6.45, 7) is 7.63. The molecule has 0 bridgehead atoms. The van der Waals surface area contributed by atoms with Crippen molar-refractivity contribution in [2.24, 2.45) is 5.92 Å². The summed E-state index contributed by atoms with van der Waals surface area (Å²) in [6, 6.07) is 13.1. The Morgan fingerprint density at radius 3 is 2.52 bits per heavy atom. The molecule has 33 heavy (non-hydrogen) atoms. The average Bonchev–Trinajstić information content (AvgIpc) is 2.80. The summed E-state index contributed by atoms with van der Waals surface area (Å²) in [4.78, 5) is 4.53. The third kappa shape index (κ3) is 8.70. The summed E-state index contributed by atoms with van der Waals surface area (Å²) >= 11 is 5.88. The van der Waals surface area contributed by atoms with Crippen LogP contribution in [-0.4, -0.2) is 74.6 Å². The number of hydrogen-bond donors (Lipinski definition) is 1. The topological polar surface area (TPSA) is 54.4 Å². The Morgan fingerprint density at radius 1 is 1.09 bits per heavy atom. The number of piperidine rings is 1. The lowest BCUT2D eigenvalue weighted by Crippen LogP contribution is -2.35. The van der Waals surface area contributed by atoms with Gasteiger partial charge in [0.2, 0.25) is 0 Å². The number of rotatable bonds is 12. The van der Waals surface area contributed by atoms with Gasteiger partial charge in [0.15, 0.2) is 11.5 Å². The highest BCUT2D eigenvalue weighted by molar-refractivity contribution is 6.30. The third-order valence-electron chi connectivity index (χ3n) is 6.00. The van der Waals surface area contributed by atoms with Crippen LogP contribution in [0.15, 0.2) is 42.5 Å². The molecule has 2 aromatic rings. The summed E-state index contributed by atoms with van der Waals surface area (Å²) in [6.07, 6.45) is 1.94. The van der Waals surface area contributed by atoms with Crippen molar-refractivity contribution >= 4 is 11.6 Å². The fraction of sp³-hybridized carbons (Fsp3) is 0.538. The lowest BCUT2D eigenvalue weighted by molar-refractivity contribution is 0.0743. The molecule has 6 nitrogen and oxygen atoms in total. The molecular formula is C26H37ClN2O4. The highest BCUT2D eigenvalue weighted by Crippen LogP contribution is 2.28. The summed E-state index contributed by atoms with van der Waals surface area (Å²) in [7, 11) is 3.64. The van der Waals surface area contributed by atoms with Gasteiger partial charge in [-0.25, -0.2) is 0 Å². The molecule has 3 rings (SSSR count). The van der Waals surface area contributed by atoms with E-state index >= 15 is 0 Å². The van der Waals surface area contributed by atoms with E-state index in [1.807, 2.05) is 25.2 Å². The van der Waals surface area contributed by atoms with Gasteiger partial charge in [-0.05, 0) is 80.9 Å². The van der Waals surface area contributed by atoms with Gasteiger partial charge in [-0.1, -0.05) is 24.6 Å². The number of likely N-dealkylation sites (tertiary alicyclic amines) is 1. The smallest absolute Gasteiger partial charge is 0.161 e. The van der Waals surface area contributed by atoms with Crippen LogP contribution in [0.3, 0.4) is 0 Å². The first-order valence-electron chi connectivity index (χ1n) is 11.7. The van der Waals surface area contributed by atoms with E-state index in [2.05, 4.69) is 16.7 Å². The van der Waals surface area contributed by atoms with Crippen LogP contribution in [0.4, 0.5) is 0 Å². The summed E-state index contributed by atoms with van der Waals surface area (Å²) in [5, 5.41) is 11.0. The second-order valence-corrected chi connectivity index (χ2v) is 9.41. The van der Waals surface area contributed by atoms with Crippen LogP contribution in [0.2, 0.25) is 5.02 Å². The molecule has 1 atom stereocenters. The Morgan fingerprint density at radius 2 is 1.82 bits per heavy atom. The van der Waals surface area contributed by atoms with E-state index in [1.165, 1.54) is 12.8 Å². The first kappa shape index (κ1) is 25.6. The van der Waals surface area contributed by atoms with Gasteiger partial charge in [-0.2, -0.15) is 0 Å². The van der Waals surface area contributed by atoms with Crippen LogP contribution >= 0.6 is 11.6 Å². The summed E-state index contributed by atoms with van der Waals surface area (Å²) in [5.74, 6) is 3.03. The van der Waals surface area contributed by atoms with Gasteiger partial charge in [-0.3, -0.25) is 9.80 Å². The van der Waals surface area contributed by atoms with Crippen LogP contribution in [0.5, 0.6) is 17.2 Å². The van der Waals surface area contributed by atoms with Gasteiger partial charge in [0.1, 0.15) is 25.1 Å². The summed E-state index contributed by atoms with van der Waals surface area (Å²) < 4.78 is 17.2. The Bertz CT molecular complexity index is 841. The molecule has 0 aliphatic carbocycles. The molecule has 0 amide bonds. The standard InChI is InChI=1S/C26H37ClN2O4/c1-20-10-12-29(13-11-20)14-15-32-25-9-4-21(16-26(25)31-3)17-28(2)18-23(30)19-33-24-7-5-22(27)6-8-24/h4-9,16,20,23,30H,10-15,17-19H2,1-3H3. The fourth-order valence-corrected chi connectivity index (χ4v) is 4.14. The number of hydrogen-bond acceptors (Lipinski definition) is 6. The molecule has 182 valence electrons. The van der Waals surface area contributed by atoms with Crippen molar-refractivity contribution in [1.29, 1.82) is 0 Å². The molecular weight excluding hydrogens is 440 g/mol. The summed E-state index contributed by atoms with van der Waals surface area (Å²) in [5.41, 5.74) is 1.09. The monoisotopic (exact) mass is 476 g/mol. The maximum atomic E-state index is 10.3. The zero-order valence-corrected chi connectivity index (χ0v) is 20.8.